The molecule has 2 N–H and O–H groups in total. The molecule has 34 heavy (non-hydrogen) atoms. The normalized spacial score (nSPS) is 14.9. The number of nitrogens with one attached hydrogen (secondary N) is 2. The van der Waals surface area contributed by atoms with Crippen LogP contribution in [0.15, 0.2) is 42.5 Å². The average Bonchev–Trinajstić information content (AvgIpc) is 3.22. The summed E-state index contributed by atoms with van der Waals surface area (Å²) in [5.74, 6) is -3.41. The number of hydrazine groups is 1. The molecule has 0 radical (unpaired) electrons. The molecule has 2 aromatic rings. The number of methoxy groups -OCH3 is 1. The van der Waals surface area contributed by atoms with Crippen molar-refractivity contribution >= 4 is 46.7 Å². The van der Waals surface area contributed by atoms with Gasteiger partial charge < -0.3 is 14.4 Å². The largest absolute Gasteiger partial charge is 0.494 e. The Morgan fingerprint density at radius 3 is 2.62 bits per heavy atom. The third kappa shape index (κ3) is 5.59. The third-order valence-electron chi connectivity index (χ3n) is 4.90. The molecule has 0 aliphatic carbocycles. The Morgan fingerprint density at radius 2 is 1.94 bits per heavy atom. The molecule has 0 saturated carbocycles. The highest BCUT2D eigenvalue weighted by molar-refractivity contribution is 6.33. The second kappa shape index (κ2) is 10.6. The van der Waals surface area contributed by atoms with Crippen LogP contribution in [-0.4, -0.2) is 48.9 Å². The summed E-state index contributed by atoms with van der Waals surface area (Å²) < 4.78 is 10.1. The van der Waals surface area contributed by atoms with Crippen molar-refractivity contribution in [2.24, 2.45) is 5.92 Å². The van der Waals surface area contributed by atoms with E-state index in [9.17, 15) is 29.3 Å². The zero-order valence-corrected chi connectivity index (χ0v) is 18.5. The Bertz CT molecular complexity index is 1160. The van der Waals surface area contributed by atoms with Gasteiger partial charge in [0.05, 0.1) is 40.3 Å². The number of nitro groups is 1. The van der Waals surface area contributed by atoms with E-state index in [-0.39, 0.29) is 40.7 Å². The van der Waals surface area contributed by atoms with E-state index >= 15 is 0 Å². The van der Waals surface area contributed by atoms with E-state index in [1.165, 1.54) is 42.3 Å². The number of amides is 3. The number of nitro benzene ring substituents is 1. The lowest BCUT2D eigenvalue weighted by Gasteiger charge is -2.19. The number of carbonyl (C=O) groups excluding carboxylic acids is 4. The van der Waals surface area contributed by atoms with Gasteiger partial charge in [0.15, 0.2) is 6.61 Å². The van der Waals surface area contributed by atoms with Crippen molar-refractivity contribution in [2.75, 3.05) is 25.2 Å². The molecule has 2 aromatic carbocycles. The molecular weight excluding hydrogens is 472 g/mol. The van der Waals surface area contributed by atoms with Gasteiger partial charge in [-0.2, -0.15) is 0 Å². The fourth-order valence-electron chi connectivity index (χ4n) is 3.23. The van der Waals surface area contributed by atoms with Gasteiger partial charge in [0.2, 0.25) is 5.91 Å². The number of rotatable bonds is 7. The van der Waals surface area contributed by atoms with E-state index < -0.39 is 41.1 Å². The lowest BCUT2D eigenvalue weighted by Crippen LogP contribution is -2.44. The molecule has 1 fully saturated rings. The lowest BCUT2D eigenvalue weighted by molar-refractivity contribution is -0.384. The number of esters is 1. The van der Waals surface area contributed by atoms with E-state index in [0.29, 0.717) is 0 Å². The molecular formula is C21H19ClN4O8. The van der Waals surface area contributed by atoms with Crippen LogP contribution in [0.4, 0.5) is 11.4 Å². The van der Waals surface area contributed by atoms with Gasteiger partial charge in [0, 0.05) is 19.0 Å². The van der Waals surface area contributed by atoms with Gasteiger partial charge in [-0.15, -0.1) is 0 Å². The summed E-state index contributed by atoms with van der Waals surface area (Å²) in [5.41, 5.74) is 4.46. The number of halogens is 1. The molecule has 0 spiro atoms. The molecule has 0 aromatic heterocycles. The maximum absolute atomic E-state index is 12.4. The zero-order valence-electron chi connectivity index (χ0n) is 17.8. The molecule has 1 saturated heterocycles. The number of carbonyl (C=O) groups is 4. The van der Waals surface area contributed by atoms with Crippen molar-refractivity contribution in [3.8, 4) is 5.75 Å². The van der Waals surface area contributed by atoms with Gasteiger partial charge in [-0.1, -0.05) is 23.7 Å². The van der Waals surface area contributed by atoms with Crippen LogP contribution >= 0.6 is 11.6 Å². The fraction of sp³-hybridized carbons (Fsp3) is 0.238. The van der Waals surface area contributed by atoms with Gasteiger partial charge in [-0.25, -0.2) is 0 Å². The number of non-ortho nitro benzene ring substituents is 1. The summed E-state index contributed by atoms with van der Waals surface area (Å²) in [7, 11) is 1.30. The van der Waals surface area contributed by atoms with Crippen molar-refractivity contribution in [3.05, 3.63) is 63.2 Å². The smallest absolute Gasteiger partial charge is 0.311 e. The quantitative estimate of drug-likeness (QED) is 0.336. The molecule has 0 bridgehead atoms. The highest BCUT2D eigenvalue weighted by Crippen LogP contribution is 2.35. The summed E-state index contributed by atoms with van der Waals surface area (Å²) in [4.78, 5) is 60.4. The Balaban J connectivity index is 1.53. The predicted molar refractivity (Wildman–Crippen MR) is 118 cm³/mol. The van der Waals surface area contributed by atoms with Crippen LogP contribution in [0, 0.1) is 16.0 Å². The topological polar surface area (TPSA) is 157 Å². The maximum Gasteiger partial charge on any atom is 0.311 e. The summed E-state index contributed by atoms with van der Waals surface area (Å²) >= 11 is 5.91. The molecule has 1 heterocycles. The molecule has 13 heteroatoms. The lowest BCUT2D eigenvalue weighted by atomic mass is 10.1. The monoisotopic (exact) mass is 490 g/mol. The highest BCUT2D eigenvalue weighted by atomic mass is 35.5. The average molecular weight is 491 g/mol. The number of benzene rings is 2. The molecule has 1 aliphatic heterocycles. The van der Waals surface area contributed by atoms with Crippen molar-refractivity contribution in [2.45, 2.75) is 6.42 Å². The summed E-state index contributed by atoms with van der Waals surface area (Å²) in [6.45, 7) is -0.746. The van der Waals surface area contributed by atoms with Crippen molar-refractivity contribution < 1.29 is 33.6 Å². The summed E-state index contributed by atoms with van der Waals surface area (Å²) in [6.07, 6.45) is -0.177. The van der Waals surface area contributed by atoms with Crippen molar-refractivity contribution in [1.29, 1.82) is 0 Å². The SMILES string of the molecule is COc1cc([N+](=O)[O-])ccc1N1C[C@@H](C(=O)OCC(=O)NNC(=O)c2ccccc2Cl)CC1=O. The number of hydrogen-bond donors (Lipinski definition) is 2. The molecule has 178 valence electrons. The first kappa shape index (κ1) is 24.5. The van der Waals surface area contributed by atoms with Crippen LogP contribution < -0.4 is 20.5 Å². The predicted octanol–water partition coefficient (Wildman–Crippen LogP) is 1.61. The minimum Gasteiger partial charge on any atom is -0.494 e. The molecule has 12 nitrogen and oxygen atoms in total. The van der Waals surface area contributed by atoms with Gasteiger partial charge in [-0.05, 0) is 18.2 Å². The van der Waals surface area contributed by atoms with Gasteiger partial charge in [0.1, 0.15) is 5.75 Å². The van der Waals surface area contributed by atoms with Crippen LogP contribution in [0.1, 0.15) is 16.8 Å². The summed E-state index contributed by atoms with van der Waals surface area (Å²) in [6, 6.07) is 9.98. The number of ether oxygens (including phenoxy) is 2. The van der Waals surface area contributed by atoms with Gasteiger partial charge >= 0.3 is 5.97 Å². The Morgan fingerprint density at radius 1 is 1.21 bits per heavy atom. The first-order valence-electron chi connectivity index (χ1n) is 9.84. The summed E-state index contributed by atoms with van der Waals surface area (Å²) in [5, 5.41) is 11.1. The first-order valence-corrected chi connectivity index (χ1v) is 10.2. The Labute approximate surface area is 197 Å². The van der Waals surface area contributed by atoms with E-state index in [4.69, 9.17) is 21.1 Å². The fourth-order valence-corrected chi connectivity index (χ4v) is 3.45. The van der Waals surface area contributed by atoms with E-state index in [1.54, 1.807) is 12.1 Å². The Kier molecular flexibility index (Phi) is 7.64. The van der Waals surface area contributed by atoms with Crippen LogP contribution in [0.2, 0.25) is 5.02 Å². The van der Waals surface area contributed by atoms with Gasteiger partial charge in [0.25, 0.3) is 17.5 Å². The molecule has 0 unspecified atom stereocenters. The first-order chi connectivity index (χ1) is 16.2. The van der Waals surface area contributed by atoms with Crippen LogP contribution in [0.5, 0.6) is 5.75 Å². The molecule has 3 rings (SSSR count). The number of hydrogen-bond acceptors (Lipinski definition) is 8. The third-order valence-corrected chi connectivity index (χ3v) is 5.23. The van der Waals surface area contributed by atoms with Crippen LogP contribution in [-0.2, 0) is 19.1 Å². The van der Waals surface area contributed by atoms with E-state index in [1.807, 2.05) is 0 Å². The zero-order chi connectivity index (χ0) is 24.8. The molecule has 3 amide bonds. The standard InChI is InChI=1S/C21H19ClN4O8/c1-33-17-9-13(26(31)32)6-7-16(17)25-10-12(8-19(25)28)21(30)34-11-18(27)23-24-20(29)14-4-2-3-5-15(14)22/h2-7,9,12H,8,10-11H2,1H3,(H,23,27)(H,24,29)/t12-/m0/s1. The second-order valence-corrected chi connectivity index (χ2v) is 7.52. The van der Waals surface area contributed by atoms with Gasteiger partial charge in [-0.3, -0.25) is 40.1 Å². The number of nitrogens with zero attached hydrogens (tertiary/aromatic N) is 2. The highest BCUT2D eigenvalue weighted by Gasteiger charge is 2.37. The maximum atomic E-state index is 12.4. The van der Waals surface area contributed by atoms with E-state index in [2.05, 4.69) is 10.9 Å². The minimum absolute atomic E-state index is 0.0588. The van der Waals surface area contributed by atoms with Crippen molar-refractivity contribution in [1.82, 2.24) is 10.9 Å². The molecule has 1 atom stereocenters. The second-order valence-electron chi connectivity index (χ2n) is 7.11. The Hall–Kier alpha value is -4.19. The number of anilines is 1. The van der Waals surface area contributed by atoms with E-state index in [0.717, 1.165) is 0 Å². The van der Waals surface area contributed by atoms with Crippen LogP contribution in [0.3, 0.4) is 0 Å². The van der Waals surface area contributed by atoms with Crippen molar-refractivity contribution in [3.63, 3.8) is 0 Å². The van der Waals surface area contributed by atoms with Crippen LogP contribution in [0.25, 0.3) is 0 Å². The molecule has 1 aliphatic rings. The minimum atomic E-state index is -0.863.